The van der Waals surface area contributed by atoms with Gasteiger partial charge in [-0.2, -0.15) is 0 Å². The van der Waals surface area contributed by atoms with Crippen molar-refractivity contribution >= 4 is 0 Å². The molecule has 2 nitrogen and oxygen atoms in total. The SMILES string of the molecule is C[C@@H]1CCC[C@H](C)N1Cc1ccc(CN)cc1. The quantitative estimate of drug-likeness (QED) is 0.868. The van der Waals surface area contributed by atoms with Crippen LogP contribution in [-0.4, -0.2) is 17.0 Å². The van der Waals surface area contributed by atoms with Crippen LogP contribution in [0.5, 0.6) is 0 Å². The van der Waals surface area contributed by atoms with Gasteiger partial charge in [0.05, 0.1) is 0 Å². The van der Waals surface area contributed by atoms with Crippen LogP contribution < -0.4 is 5.73 Å². The summed E-state index contributed by atoms with van der Waals surface area (Å²) in [6.45, 7) is 6.41. The molecule has 0 aromatic heterocycles. The highest BCUT2D eigenvalue weighted by Crippen LogP contribution is 2.24. The molecule has 0 bridgehead atoms. The fourth-order valence-electron chi connectivity index (χ4n) is 2.78. The van der Waals surface area contributed by atoms with E-state index in [2.05, 4.69) is 43.0 Å². The number of hydrogen-bond acceptors (Lipinski definition) is 2. The minimum absolute atomic E-state index is 0.636. The maximum atomic E-state index is 5.62. The van der Waals surface area contributed by atoms with Gasteiger partial charge in [0.1, 0.15) is 0 Å². The molecule has 0 spiro atoms. The zero-order chi connectivity index (χ0) is 12.3. The van der Waals surface area contributed by atoms with Gasteiger partial charge in [-0.3, -0.25) is 4.90 Å². The van der Waals surface area contributed by atoms with Gasteiger partial charge in [-0.25, -0.2) is 0 Å². The van der Waals surface area contributed by atoms with E-state index in [9.17, 15) is 0 Å². The molecule has 0 unspecified atom stereocenters. The predicted molar refractivity (Wildman–Crippen MR) is 72.7 cm³/mol. The van der Waals surface area contributed by atoms with Gasteiger partial charge in [-0.15, -0.1) is 0 Å². The number of rotatable bonds is 3. The molecule has 17 heavy (non-hydrogen) atoms. The largest absolute Gasteiger partial charge is 0.326 e. The van der Waals surface area contributed by atoms with Crippen LogP contribution in [-0.2, 0) is 13.1 Å². The molecule has 2 heteroatoms. The second kappa shape index (κ2) is 5.65. The van der Waals surface area contributed by atoms with Crippen LogP contribution in [0.2, 0.25) is 0 Å². The standard InChI is InChI=1S/C15H24N2/c1-12-4-3-5-13(2)17(12)11-15-8-6-14(10-16)7-9-15/h6-9,12-13H,3-5,10-11,16H2,1-2H3/t12-,13+. The van der Waals surface area contributed by atoms with E-state index < -0.39 is 0 Å². The average molecular weight is 232 g/mol. The first-order chi connectivity index (χ1) is 8.20. The molecule has 94 valence electrons. The van der Waals surface area contributed by atoms with E-state index in [1.54, 1.807) is 0 Å². The van der Waals surface area contributed by atoms with Gasteiger partial charge in [0.15, 0.2) is 0 Å². The third-order valence-electron chi connectivity index (χ3n) is 4.00. The third kappa shape index (κ3) is 3.08. The van der Waals surface area contributed by atoms with Gasteiger partial charge in [-0.05, 0) is 37.8 Å². The highest BCUT2D eigenvalue weighted by molar-refractivity contribution is 5.22. The van der Waals surface area contributed by atoms with Crippen molar-refractivity contribution in [3.63, 3.8) is 0 Å². The summed E-state index contributed by atoms with van der Waals surface area (Å²) in [5, 5.41) is 0. The van der Waals surface area contributed by atoms with E-state index in [0.717, 1.165) is 6.54 Å². The number of nitrogens with zero attached hydrogens (tertiary/aromatic N) is 1. The lowest BCUT2D eigenvalue weighted by molar-refractivity contribution is 0.0953. The Morgan fingerprint density at radius 2 is 1.59 bits per heavy atom. The zero-order valence-electron chi connectivity index (χ0n) is 11.0. The molecule has 1 aromatic rings. The lowest BCUT2D eigenvalue weighted by Gasteiger charge is -2.39. The molecular formula is C15H24N2. The molecule has 2 atom stereocenters. The number of benzene rings is 1. The van der Waals surface area contributed by atoms with Crippen molar-refractivity contribution in [2.24, 2.45) is 5.73 Å². The molecule has 0 radical (unpaired) electrons. The van der Waals surface area contributed by atoms with Crippen molar-refractivity contribution in [3.8, 4) is 0 Å². The fraction of sp³-hybridized carbons (Fsp3) is 0.600. The molecule has 2 N–H and O–H groups in total. The number of piperidine rings is 1. The van der Waals surface area contributed by atoms with Crippen LogP contribution in [0.25, 0.3) is 0 Å². The second-order valence-corrected chi connectivity index (χ2v) is 5.32. The van der Waals surface area contributed by atoms with E-state index >= 15 is 0 Å². The first-order valence-electron chi connectivity index (χ1n) is 6.74. The zero-order valence-corrected chi connectivity index (χ0v) is 11.0. The van der Waals surface area contributed by atoms with Crippen LogP contribution in [0.4, 0.5) is 0 Å². The topological polar surface area (TPSA) is 29.3 Å². The van der Waals surface area contributed by atoms with Crippen molar-refractivity contribution in [1.29, 1.82) is 0 Å². The Kier molecular flexibility index (Phi) is 4.19. The Balaban J connectivity index is 2.03. The van der Waals surface area contributed by atoms with Crippen LogP contribution in [0.3, 0.4) is 0 Å². The van der Waals surface area contributed by atoms with Crippen molar-refractivity contribution in [2.75, 3.05) is 0 Å². The van der Waals surface area contributed by atoms with Gasteiger partial charge in [0.25, 0.3) is 0 Å². The monoisotopic (exact) mass is 232 g/mol. The van der Waals surface area contributed by atoms with Gasteiger partial charge in [0.2, 0.25) is 0 Å². The molecule has 0 amide bonds. The molecule has 1 saturated heterocycles. The molecule has 1 aliphatic heterocycles. The van der Waals surface area contributed by atoms with E-state index in [-0.39, 0.29) is 0 Å². The summed E-state index contributed by atoms with van der Waals surface area (Å²) in [6.07, 6.45) is 4.06. The Bertz CT molecular complexity index is 334. The molecule has 1 heterocycles. The highest BCUT2D eigenvalue weighted by atomic mass is 15.2. The summed E-state index contributed by atoms with van der Waals surface area (Å²) < 4.78 is 0. The number of nitrogens with two attached hydrogens (primary N) is 1. The van der Waals surface area contributed by atoms with Crippen molar-refractivity contribution in [2.45, 2.75) is 58.3 Å². The van der Waals surface area contributed by atoms with Crippen LogP contribution in [0.15, 0.2) is 24.3 Å². The molecule has 1 aliphatic rings. The van der Waals surface area contributed by atoms with Crippen molar-refractivity contribution in [1.82, 2.24) is 4.90 Å². The Morgan fingerprint density at radius 1 is 1.06 bits per heavy atom. The van der Waals surface area contributed by atoms with E-state index in [4.69, 9.17) is 5.73 Å². The molecule has 0 aliphatic carbocycles. The maximum absolute atomic E-state index is 5.62. The van der Waals surface area contributed by atoms with E-state index in [1.807, 2.05) is 0 Å². The summed E-state index contributed by atoms with van der Waals surface area (Å²) in [4.78, 5) is 2.63. The molecule has 1 aromatic carbocycles. The fourth-order valence-corrected chi connectivity index (χ4v) is 2.78. The molecule has 1 fully saturated rings. The van der Waals surface area contributed by atoms with E-state index in [0.29, 0.717) is 18.6 Å². The molecule has 0 saturated carbocycles. The summed E-state index contributed by atoms with van der Waals surface area (Å²) in [5.74, 6) is 0. The van der Waals surface area contributed by atoms with Gasteiger partial charge >= 0.3 is 0 Å². The van der Waals surface area contributed by atoms with Gasteiger partial charge in [0, 0.05) is 25.2 Å². The predicted octanol–water partition coefficient (Wildman–Crippen LogP) is 2.91. The molecular weight excluding hydrogens is 208 g/mol. The first kappa shape index (κ1) is 12.6. The minimum atomic E-state index is 0.636. The lowest BCUT2D eigenvalue weighted by Crippen LogP contribution is -2.42. The van der Waals surface area contributed by atoms with Crippen LogP contribution >= 0.6 is 0 Å². The minimum Gasteiger partial charge on any atom is -0.326 e. The Morgan fingerprint density at radius 3 is 2.12 bits per heavy atom. The van der Waals surface area contributed by atoms with Crippen molar-refractivity contribution < 1.29 is 0 Å². The van der Waals surface area contributed by atoms with Crippen LogP contribution in [0, 0.1) is 0 Å². The third-order valence-corrected chi connectivity index (χ3v) is 4.00. The van der Waals surface area contributed by atoms with Gasteiger partial charge < -0.3 is 5.73 Å². The Hall–Kier alpha value is -0.860. The summed E-state index contributed by atoms with van der Waals surface area (Å²) in [7, 11) is 0. The van der Waals surface area contributed by atoms with Crippen molar-refractivity contribution in [3.05, 3.63) is 35.4 Å². The second-order valence-electron chi connectivity index (χ2n) is 5.32. The normalized spacial score (nSPS) is 26.1. The molecule has 2 rings (SSSR count). The number of hydrogen-bond donors (Lipinski definition) is 1. The smallest absolute Gasteiger partial charge is 0.0239 e. The summed E-state index contributed by atoms with van der Waals surface area (Å²) >= 11 is 0. The average Bonchev–Trinajstić information content (AvgIpc) is 2.35. The lowest BCUT2D eigenvalue weighted by atomic mass is 9.96. The van der Waals surface area contributed by atoms with E-state index in [1.165, 1.54) is 30.4 Å². The highest BCUT2D eigenvalue weighted by Gasteiger charge is 2.24. The Labute approximate surface area is 105 Å². The number of likely N-dealkylation sites (tertiary alicyclic amines) is 1. The summed E-state index contributed by atoms with van der Waals surface area (Å²) in [6, 6.07) is 10.2. The maximum Gasteiger partial charge on any atom is 0.0239 e. The van der Waals surface area contributed by atoms with Gasteiger partial charge in [-0.1, -0.05) is 30.7 Å². The summed E-state index contributed by atoms with van der Waals surface area (Å²) in [5.41, 5.74) is 8.24. The first-order valence-corrected chi connectivity index (χ1v) is 6.74. The van der Waals surface area contributed by atoms with Crippen LogP contribution in [0.1, 0.15) is 44.2 Å².